The minimum absolute atomic E-state index is 0.703. The molecule has 6 heteroatoms. The predicted molar refractivity (Wildman–Crippen MR) is 88.3 cm³/mol. The molecule has 0 aliphatic rings. The molecule has 0 spiro atoms. The Morgan fingerprint density at radius 1 is 1.09 bits per heavy atom. The van der Waals surface area contributed by atoms with Gasteiger partial charge in [0.2, 0.25) is 0 Å². The highest BCUT2D eigenvalue weighted by molar-refractivity contribution is 5.69. The first-order valence-corrected chi connectivity index (χ1v) is 7.18. The Bertz CT molecular complexity index is 968. The molecule has 23 heavy (non-hydrogen) atoms. The summed E-state index contributed by atoms with van der Waals surface area (Å²) in [6.45, 7) is 0. The molecule has 0 unspecified atom stereocenters. The molecule has 4 rings (SSSR count). The molecule has 114 valence electrons. The number of anilines is 1. The van der Waals surface area contributed by atoms with Gasteiger partial charge in [-0.2, -0.15) is 5.10 Å². The molecule has 0 aliphatic carbocycles. The Morgan fingerprint density at radius 2 is 1.91 bits per heavy atom. The number of aryl methyl sites for hydroxylation is 1. The van der Waals surface area contributed by atoms with Gasteiger partial charge in [0, 0.05) is 30.7 Å². The van der Waals surface area contributed by atoms with Gasteiger partial charge in [0.05, 0.1) is 18.2 Å². The summed E-state index contributed by atoms with van der Waals surface area (Å²) in [5, 5.41) is 4.31. The van der Waals surface area contributed by atoms with E-state index in [0.29, 0.717) is 5.69 Å². The number of nitrogen functional groups attached to an aromatic ring is 1. The zero-order valence-electron chi connectivity index (χ0n) is 12.5. The van der Waals surface area contributed by atoms with Crippen molar-refractivity contribution in [3.05, 3.63) is 61.3 Å². The van der Waals surface area contributed by atoms with Gasteiger partial charge in [-0.25, -0.2) is 9.50 Å². The molecule has 6 nitrogen and oxygen atoms in total. The van der Waals surface area contributed by atoms with E-state index in [9.17, 15) is 0 Å². The lowest BCUT2D eigenvalue weighted by atomic mass is 10.2. The molecule has 4 aromatic rings. The van der Waals surface area contributed by atoms with Crippen molar-refractivity contribution < 1.29 is 4.74 Å². The Kier molecular flexibility index (Phi) is 3.01. The zero-order valence-corrected chi connectivity index (χ0v) is 12.5. The summed E-state index contributed by atoms with van der Waals surface area (Å²) in [5.74, 6) is 1.44. The molecule has 3 heterocycles. The first-order valence-electron chi connectivity index (χ1n) is 7.18. The molecular weight excluding hydrogens is 290 g/mol. The van der Waals surface area contributed by atoms with Gasteiger partial charge in [0.15, 0.2) is 5.75 Å². The Labute approximate surface area is 132 Å². The van der Waals surface area contributed by atoms with Crippen LogP contribution in [0.25, 0.3) is 16.8 Å². The Hall–Kier alpha value is -3.28. The summed E-state index contributed by atoms with van der Waals surface area (Å²) >= 11 is 0. The van der Waals surface area contributed by atoms with Gasteiger partial charge in [-0.15, -0.1) is 0 Å². The lowest BCUT2D eigenvalue weighted by molar-refractivity contribution is 0.485. The van der Waals surface area contributed by atoms with E-state index < -0.39 is 0 Å². The van der Waals surface area contributed by atoms with Crippen molar-refractivity contribution in [1.82, 2.24) is 19.2 Å². The average molecular weight is 305 g/mol. The summed E-state index contributed by atoms with van der Waals surface area (Å²) in [7, 11) is 1.94. The summed E-state index contributed by atoms with van der Waals surface area (Å²) in [4.78, 5) is 4.39. The number of pyridine rings is 1. The van der Waals surface area contributed by atoms with Gasteiger partial charge in [-0.1, -0.05) is 0 Å². The lowest BCUT2D eigenvalue weighted by Gasteiger charge is -2.09. The summed E-state index contributed by atoms with van der Waals surface area (Å²) in [5.41, 5.74) is 9.11. The SMILES string of the molecule is Cn1cnc(-c2cc(Oc3ccc(N)cc3)c3ccnn3c2)c1. The zero-order chi connectivity index (χ0) is 15.8. The predicted octanol–water partition coefficient (Wildman–Crippen LogP) is 3.11. The van der Waals surface area contributed by atoms with Crippen LogP contribution < -0.4 is 10.5 Å². The monoisotopic (exact) mass is 305 g/mol. The van der Waals surface area contributed by atoms with Gasteiger partial charge in [0.25, 0.3) is 0 Å². The van der Waals surface area contributed by atoms with Crippen LogP contribution in [0.2, 0.25) is 0 Å². The number of ether oxygens (including phenoxy) is 1. The maximum Gasteiger partial charge on any atom is 0.153 e. The number of fused-ring (bicyclic) bond motifs is 1. The van der Waals surface area contributed by atoms with Crippen molar-refractivity contribution in [2.45, 2.75) is 0 Å². The Morgan fingerprint density at radius 3 is 2.65 bits per heavy atom. The molecule has 3 aromatic heterocycles. The standard InChI is InChI=1S/C17H15N5O/c1-21-10-15(19-11-21)12-8-17(16-6-7-20-22(16)9-12)23-14-4-2-13(18)3-5-14/h2-11H,18H2,1H3. The van der Waals surface area contributed by atoms with Gasteiger partial charge in [0.1, 0.15) is 11.3 Å². The Balaban J connectivity index is 1.81. The van der Waals surface area contributed by atoms with E-state index in [1.54, 1.807) is 17.0 Å². The van der Waals surface area contributed by atoms with Crippen LogP contribution in [0.1, 0.15) is 0 Å². The normalized spacial score (nSPS) is 11.0. The number of nitrogens with two attached hydrogens (primary N) is 1. The van der Waals surface area contributed by atoms with E-state index in [4.69, 9.17) is 10.5 Å². The van der Waals surface area contributed by atoms with Crippen LogP contribution in [-0.4, -0.2) is 19.2 Å². The highest BCUT2D eigenvalue weighted by Crippen LogP contribution is 2.31. The lowest BCUT2D eigenvalue weighted by Crippen LogP contribution is -1.94. The van der Waals surface area contributed by atoms with Crippen LogP contribution in [0.4, 0.5) is 5.69 Å². The number of rotatable bonds is 3. The molecule has 0 atom stereocenters. The molecule has 0 aliphatic heterocycles. The van der Waals surface area contributed by atoms with E-state index >= 15 is 0 Å². The number of benzene rings is 1. The van der Waals surface area contributed by atoms with Crippen molar-refractivity contribution >= 4 is 11.2 Å². The fourth-order valence-electron chi connectivity index (χ4n) is 2.44. The molecule has 0 amide bonds. The summed E-state index contributed by atoms with van der Waals surface area (Å²) in [6, 6.07) is 11.2. The van der Waals surface area contributed by atoms with Crippen molar-refractivity contribution in [2.75, 3.05) is 5.73 Å². The maximum atomic E-state index is 6.02. The quantitative estimate of drug-likeness (QED) is 0.590. The third-order valence-corrected chi connectivity index (χ3v) is 3.58. The van der Waals surface area contributed by atoms with E-state index in [1.807, 2.05) is 60.4 Å². The first kappa shape index (κ1) is 13.4. The van der Waals surface area contributed by atoms with Crippen LogP contribution in [0.3, 0.4) is 0 Å². The van der Waals surface area contributed by atoms with Crippen LogP contribution >= 0.6 is 0 Å². The molecule has 2 N–H and O–H groups in total. The largest absolute Gasteiger partial charge is 0.455 e. The van der Waals surface area contributed by atoms with E-state index in [2.05, 4.69) is 10.1 Å². The van der Waals surface area contributed by atoms with Gasteiger partial charge in [-0.3, -0.25) is 0 Å². The van der Waals surface area contributed by atoms with Gasteiger partial charge >= 0.3 is 0 Å². The molecular formula is C17H15N5O. The number of hydrogen-bond donors (Lipinski definition) is 1. The van der Waals surface area contributed by atoms with E-state index in [-0.39, 0.29) is 0 Å². The third-order valence-electron chi connectivity index (χ3n) is 3.58. The molecule has 0 radical (unpaired) electrons. The maximum absolute atomic E-state index is 6.02. The van der Waals surface area contributed by atoms with E-state index in [0.717, 1.165) is 28.3 Å². The highest BCUT2D eigenvalue weighted by Gasteiger charge is 2.10. The van der Waals surface area contributed by atoms with Crippen molar-refractivity contribution in [2.24, 2.45) is 7.05 Å². The molecule has 0 saturated heterocycles. The first-order chi connectivity index (χ1) is 11.2. The van der Waals surface area contributed by atoms with Crippen LogP contribution in [0.5, 0.6) is 11.5 Å². The van der Waals surface area contributed by atoms with E-state index in [1.165, 1.54) is 0 Å². The third kappa shape index (κ3) is 2.50. The smallest absolute Gasteiger partial charge is 0.153 e. The van der Waals surface area contributed by atoms with Crippen molar-refractivity contribution in [3.63, 3.8) is 0 Å². The molecule has 0 saturated carbocycles. The van der Waals surface area contributed by atoms with Crippen molar-refractivity contribution in [3.8, 4) is 22.8 Å². The number of aromatic nitrogens is 4. The molecule has 0 bridgehead atoms. The van der Waals surface area contributed by atoms with Crippen LogP contribution in [0, 0.1) is 0 Å². The topological polar surface area (TPSA) is 70.4 Å². The molecule has 1 aromatic carbocycles. The summed E-state index contributed by atoms with van der Waals surface area (Å²) in [6.07, 6.45) is 7.40. The number of imidazole rings is 1. The number of nitrogens with zero attached hydrogens (tertiary/aromatic N) is 4. The molecule has 0 fully saturated rings. The fraction of sp³-hybridized carbons (Fsp3) is 0.0588. The number of hydrogen-bond acceptors (Lipinski definition) is 4. The van der Waals surface area contributed by atoms with Gasteiger partial charge < -0.3 is 15.0 Å². The minimum atomic E-state index is 0.703. The second-order valence-corrected chi connectivity index (χ2v) is 5.35. The average Bonchev–Trinajstić information content (AvgIpc) is 3.18. The minimum Gasteiger partial charge on any atom is -0.455 e. The highest BCUT2D eigenvalue weighted by atomic mass is 16.5. The van der Waals surface area contributed by atoms with Crippen LogP contribution in [-0.2, 0) is 7.05 Å². The second-order valence-electron chi connectivity index (χ2n) is 5.35. The fourth-order valence-corrected chi connectivity index (χ4v) is 2.44. The van der Waals surface area contributed by atoms with Crippen LogP contribution in [0.15, 0.2) is 61.3 Å². The van der Waals surface area contributed by atoms with Gasteiger partial charge in [-0.05, 0) is 36.4 Å². The second kappa shape index (κ2) is 5.17. The summed E-state index contributed by atoms with van der Waals surface area (Å²) < 4.78 is 9.72. The van der Waals surface area contributed by atoms with Crippen molar-refractivity contribution in [1.29, 1.82) is 0 Å².